The summed E-state index contributed by atoms with van der Waals surface area (Å²) >= 11 is 0. The molecule has 22 heavy (non-hydrogen) atoms. The normalized spacial score (nSPS) is 16.3. The highest BCUT2D eigenvalue weighted by molar-refractivity contribution is 5.93. The van der Waals surface area contributed by atoms with E-state index in [4.69, 9.17) is 0 Å². The minimum Gasteiger partial charge on any atom is -0.341 e. The summed E-state index contributed by atoms with van der Waals surface area (Å²) < 4.78 is 0. The predicted octanol–water partition coefficient (Wildman–Crippen LogP) is 2.19. The summed E-state index contributed by atoms with van der Waals surface area (Å²) in [5.41, 5.74) is 0.603. The number of nitrogens with zero attached hydrogens (tertiary/aromatic N) is 3. The van der Waals surface area contributed by atoms with E-state index in [-0.39, 0.29) is 17.2 Å². The molecular formula is C17H25N3O2. The number of hydrogen-bond acceptors (Lipinski definition) is 3. The van der Waals surface area contributed by atoms with E-state index < -0.39 is 0 Å². The van der Waals surface area contributed by atoms with Gasteiger partial charge >= 0.3 is 0 Å². The van der Waals surface area contributed by atoms with Crippen molar-refractivity contribution in [3.8, 4) is 0 Å². The first kappa shape index (κ1) is 16.5. The molecule has 5 heteroatoms. The lowest BCUT2D eigenvalue weighted by molar-refractivity contribution is -0.132. The molecule has 1 aromatic heterocycles. The van der Waals surface area contributed by atoms with Crippen LogP contribution in [-0.4, -0.2) is 52.8 Å². The molecule has 0 atom stereocenters. The fourth-order valence-corrected chi connectivity index (χ4v) is 2.61. The van der Waals surface area contributed by atoms with Crippen molar-refractivity contribution >= 4 is 11.8 Å². The smallest absolute Gasteiger partial charge is 0.255 e. The third-order valence-corrected chi connectivity index (χ3v) is 3.73. The van der Waals surface area contributed by atoms with Crippen LogP contribution in [0.1, 0.15) is 44.0 Å². The Hall–Kier alpha value is -1.91. The molecule has 1 aliphatic heterocycles. The molecule has 0 aliphatic carbocycles. The summed E-state index contributed by atoms with van der Waals surface area (Å²) in [6, 6.07) is 3.55. The van der Waals surface area contributed by atoms with Gasteiger partial charge in [0.25, 0.3) is 5.91 Å². The van der Waals surface area contributed by atoms with Crippen molar-refractivity contribution in [3.05, 3.63) is 30.1 Å². The Morgan fingerprint density at radius 2 is 1.82 bits per heavy atom. The molecule has 1 aromatic rings. The molecule has 2 amide bonds. The minimum absolute atomic E-state index is 0.00165. The van der Waals surface area contributed by atoms with Crippen LogP contribution in [0.2, 0.25) is 0 Å². The fraction of sp³-hybridized carbons (Fsp3) is 0.588. The second-order valence-corrected chi connectivity index (χ2v) is 7.01. The summed E-state index contributed by atoms with van der Waals surface area (Å²) in [6.45, 7) is 8.83. The zero-order valence-corrected chi connectivity index (χ0v) is 13.7. The van der Waals surface area contributed by atoms with Crippen LogP contribution < -0.4 is 0 Å². The van der Waals surface area contributed by atoms with Crippen LogP contribution in [0.3, 0.4) is 0 Å². The topological polar surface area (TPSA) is 53.5 Å². The summed E-state index contributed by atoms with van der Waals surface area (Å²) in [6.07, 6.45) is 4.62. The second kappa shape index (κ2) is 6.90. The summed E-state index contributed by atoms with van der Waals surface area (Å²) in [5, 5.41) is 0. The molecule has 1 saturated heterocycles. The molecule has 0 spiro atoms. The number of carbonyl (C=O) groups is 2. The molecule has 2 rings (SSSR count). The van der Waals surface area contributed by atoms with E-state index in [0.29, 0.717) is 31.6 Å². The van der Waals surface area contributed by atoms with Crippen LogP contribution in [0.15, 0.2) is 24.5 Å². The van der Waals surface area contributed by atoms with Gasteiger partial charge in [-0.25, -0.2) is 0 Å². The van der Waals surface area contributed by atoms with Crippen molar-refractivity contribution in [2.45, 2.75) is 33.6 Å². The maximum absolute atomic E-state index is 12.4. The van der Waals surface area contributed by atoms with Crippen LogP contribution in [0.25, 0.3) is 0 Å². The maximum Gasteiger partial charge on any atom is 0.255 e. The van der Waals surface area contributed by atoms with Gasteiger partial charge in [-0.05, 0) is 24.0 Å². The Morgan fingerprint density at radius 3 is 2.45 bits per heavy atom. The van der Waals surface area contributed by atoms with Crippen molar-refractivity contribution in [1.29, 1.82) is 0 Å². The molecule has 0 bridgehead atoms. The van der Waals surface area contributed by atoms with Gasteiger partial charge < -0.3 is 9.80 Å². The van der Waals surface area contributed by atoms with Gasteiger partial charge in [-0.3, -0.25) is 14.6 Å². The molecular weight excluding hydrogens is 278 g/mol. The lowest BCUT2D eigenvalue weighted by Gasteiger charge is -2.25. The summed E-state index contributed by atoms with van der Waals surface area (Å²) in [4.78, 5) is 32.5. The molecule has 1 fully saturated rings. The Balaban J connectivity index is 1.95. The van der Waals surface area contributed by atoms with E-state index >= 15 is 0 Å². The molecule has 0 radical (unpaired) electrons. The van der Waals surface area contributed by atoms with Crippen molar-refractivity contribution < 1.29 is 9.59 Å². The average Bonchev–Trinajstić information content (AvgIpc) is 2.71. The summed E-state index contributed by atoms with van der Waals surface area (Å²) in [5.74, 6) is 0.182. The lowest BCUT2D eigenvalue weighted by atomic mass is 9.91. The molecule has 1 aliphatic rings. The van der Waals surface area contributed by atoms with E-state index in [0.717, 1.165) is 13.0 Å². The Bertz CT molecular complexity index is 522. The van der Waals surface area contributed by atoms with Crippen LogP contribution in [-0.2, 0) is 4.79 Å². The van der Waals surface area contributed by atoms with Crippen LogP contribution >= 0.6 is 0 Å². The zero-order chi connectivity index (χ0) is 16.2. The van der Waals surface area contributed by atoms with Crippen LogP contribution in [0.4, 0.5) is 0 Å². The van der Waals surface area contributed by atoms with Crippen LogP contribution in [0.5, 0.6) is 0 Å². The van der Waals surface area contributed by atoms with Crippen molar-refractivity contribution in [2.24, 2.45) is 5.41 Å². The Kier molecular flexibility index (Phi) is 5.16. The molecule has 2 heterocycles. The van der Waals surface area contributed by atoms with Gasteiger partial charge in [0.1, 0.15) is 0 Å². The molecule has 0 aromatic carbocycles. The van der Waals surface area contributed by atoms with Gasteiger partial charge in [0.15, 0.2) is 0 Å². The van der Waals surface area contributed by atoms with E-state index in [1.165, 1.54) is 0 Å². The quantitative estimate of drug-likeness (QED) is 0.841. The van der Waals surface area contributed by atoms with Gasteiger partial charge in [0, 0.05) is 45.0 Å². The molecule has 0 unspecified atom stereocenters. The highest BCUT2D eigenvalue weighted by Gasteiger charge is 2.25. The first-order valence-corrected chi connectivity index (χ1v) is 7.84. The van der Waals surface area contributed by atoms with E-state index in [1.807, 2.05) is 9.80 Å². The number of rotatable bonds is 2. The van der Waals surface area contributed by atoms with Gasteiger partial charge in [-0.2, -0.15) is 0 Å². The fourth-order valence-electron chi connectivity index (χ4n) is 2.61. The number of amides is 2. The van der Waals surface area contributed by atoms with E-state index in [9.17, 15) is 9.59 Å². The Labute approximate surface area is 132 Å². The molecule has 120 valence electrons. The molecule has 0 saturated carbocycles. The van der Waals surface area contributed by atoms with E-state index in [2.05, 4.69) is 25.8 Å². The maximum atomic E-state index is 12.4. The Morgan fingerprint density at radius 1 is 1.14 bits per heavy atom. The highest BCUT2D eigenvalue weighted by Crippen LogP contribution is 2.20. The first-order valence-electron chi connectivity index (χ1n) is 7.84. The standard InChI is InChI=1S/C17H25N3O2/c1-17(2,3)12-15(21)19-8-5-9-20(11-10-19)16(22)14-6-4-7-18-13-14/h4,6-7,13H,5,8-12H2,1-3H3. The van der Waals surface area contributed by atoms with Crippen LogP contribution in [0, 0.1) is 5.41 Å². The number of aromatic nitrogens is 1. The van der Waals surface area contributed by atoms with Crippen molar-refractivity contribution in [3.63, 3.8) is 0 Å². The molecule has 5 nitrogen and oxygen atoms in total. The number of hydrogen-bond donors (Lipinski definition) is 0. The van der Waals surface area contributed by atoms with Gasteiger partial charge in [0.05, 0.1) is 5.56 Å². The average molecular weight is 303 g/mol. The van der Waals surface area contributed by atoms with Crippen molar-refractivity contribution in [1.82, 2.24) is 14.8 Å². The summed E-state index contributed by atoms with van der Waals surface area (Å²) in [7, 11) is 0. The lowest BCUT2D eigenvalue weighted by Crippen LogP contribution is -2.38. The SMILES string of the molecule is CC(C)(C)CC(=O)N1CCCN(C(=O)c2cccnc2)CC1. The predicted molar refractivity (Wildman–Crippen MR) is 85.4 cm³/mol. The van der Waals surface area contributed by atoms with Crippen molar-refractivity contribution in [2.75, 3.05) is 26.2 Å². The van der Waals surface area contributed by atoms with E-state index in [1.54, 1.807) is 24.5 Å². The number of carbonyl (C=O) groups excluding carboxylic acids is 2. The third kappa shape index (κ3) is 4.55. The monoisotopic (exact) mass is 303 g/mol. The van der Waals surface area contributed by atoms with Gasteiger partial charge in [-0.15, -0.1) is 0 Å². The third-order valence-electron chi connectivity index (χ3n) is 3.73. The first-order chi connectivity index (χ1) is 10.4. The molecule has 0 N–H and O–H groups in total. The highest BCUT2D eigenvalue weighted by atomic mass is 16.2. The minimum atomic E-state index is -0.00535. The zero-order valence-electron chi connectivity index (χ0n) is 13.7. The van der Waals surface area contributed by atoms with Gasteiger partial charge in [-0.1, -0.05) is 20.8 Å². The number of pyridine rings is 1. The second-order valence-electron chi connectivity index (χ2n) is 7.01. The van der Waals surface area contributed by atoms with Gasteiger partial charge in [0.2, 0.25) is 5.91 Å². The largest absolute Gasteiger partial charge is 0.341 e.